The van der Waals surface area contributed by atoms with Crippen LogP contribution in [-0.4, -0.2) is 17.3 Å². The lowest BCUT2D eigenvalue weighted by molar-refractivity contribution is -0.465. The van der Waals surface area contributed by atoms with Crippen molar-refractivity contribution in [2.24, 2.45) is 0 Å². The summed E-state index contributed by atoms with van der Waals surface area (Å²) >= 11 is 0. The van der Waals surface area contributed by atoms with Gasteiger partial charge in [0.1, 0.15) is 0 Å². The van der Waals surface area contributed by atoms with Crippen LogP contribution in [0.5, 0.6) is 0 Å². The largest absolute Gasteiger partial charge is 0.461 e. The van der Waals surface area contributed by atoms with E-state index in [1.54, 1.807) is 0 Å². The van der Waals surface area contributed by atoms with E-state index in [4.69, 9.17) is 0 Å². The molecule has 1 aromatic rings. The maximum absolute atomic E-state index is 10.8. The summed E-state index contributed by atoms with van der Waals surface area (Å²) in [4.78, 5) is 19.9. The van der Waals surface area contributed by atoms with Crippen LogP contribution in [0.1, 0.15) is 10.6 Å². The van der Waals surface area contributed by atoms with Crippen molar-refractivity contribution in [3.05, 3.63) is 34.3 Å². The molecule has 1 heterocycles. The van der Waals surface area contributed by atoms with Crippen LogP contribution in [0.15, 0.2) is 22.8 Å². The van der Waals surface area contributed by atoms with E-state index in [1.807, 2.05) is 0 Å². The van der Waals surface area contributed by atoms with Gasteiger partial charge in [-0.25, -0.2) is 0 Å². The van der Waals surface area contributed by atoms with Crippen molar-refractivity contribution in [3.8, 4) is 0 Å². The Labute approximate surface area is 61.8 Å². The molecular weight excluding hydrogens is 150 g/mol. The fourth-order valence-corrected chi connectivity index (χ4v) is 0.632. The van der Waals surface area contributed by atoms with Gasteiger partial charge in [0.15, 0.2) is 5.76 Å². The normalized spacial score (nSPS) is 9.45. The Bertz CT molecular complexity index is 264. The van der Waals surface area contributed by atoms with Crippen molar-refractivity contribution in [1.29, 1.82) is 0 Å². The molecule has 0 N–H and O–H groups in total. The van der Waals surface area contributed by atoms with Crippen molar-refractivity contribution >= 4 is 5.78 Å². The number of nitrogens with zero attached hydrogens (tertiary/aromatic N) is 1. The molecule has 1 rings (SSSR count). The molecule has 0 aromatic carbocycles. The molecule has 0 amide bonds. The van der Waals surface area contributed by atoms with Gasteiger partial charge in [0.05, 0.1) is 6.26 Å². The second-order valence-electron chi connectivity index (χ2n) is 1.89. The van der Waals surface area contributed by atoms with Crippen LogP contribution in [0, 0.1) is 10.1 Å². The van der Waals surface area contributed by atoms with Gasteiger partial charge in [-0.15, -0.1) is 0 Å². The van der Waals surface area contributed by atoms with Gasteiger partial charge in [-0.1, -0.05) is 0 Å². The average Bonchev–Trinajstić information content (AvgIpc) is 2.35. The number of Topliss-reactive ketones (excluding diaryl/α,β-unsaturated/α-hetero) is 1. The summed E-state index contributed by atoms with van der Waals surface area (Å²) in [6, 6.07) is 2.90. The molecule has 0 aliphatic carbocycles. The second-order valence-corrected chi connectivity index (χ2v) is 1.89. The summed E-state index contributed by atoms with van der Waals surface area (Å²) in [7, 11) is 0. The van der Waals surface area contributed by atoms with E-state index >= 15 is 0 Å². The summed E-state index contributed by atoms with van der Waals surface area (Å²) < 4.78 is 4.64. The Morgan fingerprint density at radius 3 is 2.91 bits per heavy atom. The van der Waals surface area contributed by atoms with E-state index < -0.39 is 17.3 Å². The number of hydrogen-bond donors (Lipinski definition) is 0. The van der Waals surface area contributed by atoms with Gasteiger partial charge < -0.3 is 4.42 Å². The minimum atomic E-state index is -0.715. The Hall–Kier alpha value is -1.65. The zero-order valence-electron chi connectivity index (χ0n) is 5.52. The third-order valence-electron chi connectivity index (χ3n) is 1.07. The van der Waals surface area contributed by atoms with Crippen LogP contribution < -0.4 is 0 Å². The summed E-state index contributed by atoms with van der Waals surface area (Å²) in [6.07, 6.45) is 1.30. The predicted octanol–water partition coefficient (Wildman–Crippen LogP) is 0.739. The maximum atomic E-state index is 10.8. The Balaban J connectivity index is 2.64. The lowest BCUT2D eigenvalue weighted by Crippen LogP contribution is -2.12. The van der Waals surface area contributed by atoms with Gasteiger partial charge in [-0.3, -0.25) is 14.9 Å². The first-order chi connectivity index (χ1) is 5.20. The third kappa shape index (κ3) is 1.89. The highest BCUT2D eigenvalue weighted by Crippen LogP contribution is 2.00. The first-order valence-electron chi connectivity index (χ1n) is 2.88. The zero-order valence-corrected chi connectivity index (χ0v) is 5.52. The summed E-state index contributed by atoms with van der Waals surface area (Å²) in [5.74, 6) is -0.582. The van der Waals surface area contributed by atoms with Gasteiger partial charge >= 0.3 is 0 Å². The molecule has 0 bridgehead atoms. The first kappa shape index (κ1) is 7.46. The van der Waals surface area contributed by atoms with Crippen molar-refractivity contribution in [3.63, 3.8) is 0 Å². The van der Waals surface area contributed by atoms with Gasteiger partial charge in [-0.05, 0) is 12.1 Å². The van der Waals surface area contributed by atoms with E-state index in [2.05, 4.69) is 4.42 Å². The molecule has 5 heteroatoms. The highest BCUT2D eigenvalue weighted by molar-refractivity contribution is 5.94. The lowest BCUT2D eigenvalue weighted by Gasteiger charge is -1.88. The Morgan fingerprint density at radius 2 is 2.45 bits per heavy atom. The molecule has 0 saturated heterocycles. The van der Waals surface area contributed by atoms with Gasteiger partial charge in [0.2, 0.25) is 0 Å². The molecule has 0 aliphatic rings. The van der Waals surface area contributed by atoms with Gasteiger partial charge in [0, 0.05) is 4.92 Å². The van der Waals surface area contributed by atoms with E-state index in [1.165, 1.54) is 18.4 Å². The highest BCUT2D eigenvalue weighted by Gasteiger charge is 2.14. The standard InChI is InChI=1S/C6H5NO4/c8-5(4-7(9)10)6-2-1-3-11-6/h1-3H,4H2. The smallest absolute Gasteiger partial charge is 0.269 e. The molecular formula is C6H5NO4. The summed E-state index contributed by atoms with van der Waals surface area (Å²) in [5.41, 5.74) is 0. The van der Waals surface area contributed by atoms with E-state index in [0.29, 0.717) is 0 Å². The Kier molecular flexibility index (Phi) is 2.00. The van der Waals surface area contributed by atoms with Crippen LogP contribution >= 0.6 is 0 Å². The Morgan fingerprint density at radius 1 is 1.73 bits per heavy atom. The van der Waals surface area contributed by atoms with Crippen LogP contribution in [-0.2, 0) is 0 Å². The molecule has 0 fully saturated rings. The first-order valence-corrected chi connectivity index (χ1v) is 2.88. The molecule has 0 spiro atoms. The van der Waals surface area contributed by atoms with Crippen LogP contribution in [0.4, 0.5) is 0 Å². The van der Waals surface area contributed by atoms with Crippen molar-refractivity contribution < 1.29 is 14.1 Å². The van der Waals surface area contributed by atoms with Gasteiger partial charge in [0.25, 0.3) is 12.3 Å². The second kappa shape index (κ2) is 2.96. The van der Waals surface area contributed by atoms with E-state index in [9.17, 15) is 14.9 Å². The molecule has 0 unspecified atom stereocenters. The molecule has 0 saturated carbocycles. The number of furan rings is 1. The van der Waals surface area contributed by atoms with Crippen LogP contribution in [0.3, 0.4) is 0 Å². The fourth-order valence-electron chi connectivity index (χ4n) is 0.632. The van der Waals surface area contributed by atoms with E-state index in [-0.39, 0.29) is 5.76 Å². The quantitative estimate of drug-likeness (QED) is 0.366. The monoisotopic (exact) mass is 155 g/mol. The zero-order chi connectivity index (χ0) is 8.27. The maximum Gasteiger partial charge on any atom is 0.269 e. The molecule has 0 radical (unpaired) electrons. The number of ketones is 1. The average molecular weight is 155 g/mol. The molecule has 0 atom stereocenters. The topological polar surface area (TPSA) is 73.3 Å². The number of rotatable bonds is 3. The SMILES string of the molecule is O=C(C[N+](=O)[O-])c1ccco1. The number of nitro groups is 1. The van der Waals surface area contributed by atoms with Gasteiger partial charge in [-0.2, -0.15) is 0 Å². The predicted molar refractivity (Wildman–Crippen MR) is 34.9 cm³/mol. The molecule has 0 aliphatic heterocycles. The number of hydrogen-bond acceptors (Lipinski definition) is 4. The van der Waals surface area contributed by atoms with Crippen molar-refractivity contribution in [2.45, 2.75) is 0 Å². The molecule has 58 valence electrons. The minimum absolute atomic E-state index is 0.0294. The van der Waals surface area contributed by atoms with Crippen LogP contribution in [0.2, 0.25) is 0 Å². The third-order valence-corrected chi connectivity index (χ3v) is 1.07. The van der Waals surface area contributed by atoms with E-state index in [0.717, 1.165) is 0 Å². The summed E-state index contributed by atoms with van der Waals surface area (Å²) in [6.45, 7) is -0.715. The number of carbonyl (C=O) groups excluding carboxylic acids is 1. The summed E-state index contributed by atoms with van der Waals surface area (Å²) in [5, 5.41) is 9.85. The minimum Gasteiger partial charge on any atom is -0.461 e. The number of carbonyl (C=O) groups is 1. The molecule has 1 aromatic heterocycles. The van der Waals surface area contributed by atoms with Crippen molar-refractivity contribution in [1.82, 2.24) is 0 Å². The van der Waals surface area contributed by atoms with Crippen molar-refractivity contribution in [2.75, 3.05) is 6.54 Å². The lowest BCUT2D eigenvalue weighted by atomic mass is 10.3. The molecule has 5 nitrogen and oxygen atoms in total. The van der Waals surface area contributed by atoms with Crippen LogP contribution in [0.25, 0.3) is 0 Å². The highest BCUT2D eigenvalue weighted by atomic mass is 16.6. The fraction of sp³-hybridized carbons (Fsp3) is 0.167. The molecule has 11 heavy (non-hydrogen) atoms.